The Bertz CT molecular complexity index is 453. The van der Waals surface area contributed by atoms with Crippen LogP contribution in [-0.4, -0.2) is 28.8 Å². The van der Waals surface area contributed by atoms with E-state index in [2.05, 4.69) is 9.72 Å². The Balaban J connectivity index is 3.39. The van der Waals surface area contributed by atoms with E-state index in [-0.39, 0.29) is 12.2 Å². The van der Waals surface area contributed by atoms with Gasteiger partial charge in [-0.1, -0.05) is 0 Å². The van der Waals surface area contributed by atoms with Gasteiger partial charge in [-0.2, -0.15) is 13.2 Å². The van der Waals surface area contributed by atoms with Gasteiger partial charge in [0.2, 0.25) is 0 Å². The fourth-order valence-corrected chi connectivity index (χ4v) is 1.70. The number of halogens is 3. The number of esters is 1. The summed E-state index contributed by atoms with van der Waals surface area (Å²) < 4.78 is 43.3. The Morgan fingerprint density at radius 3 is 2.33 bits per heavy atom. The zero-order valence-corrected chi connectivity index (χ0v) is 10.2. The lowest BCUT2D eigenvalue weighted by Crippen LogP contribution is -2.50. The summed E-state index contributed by atoms with van der Waals surface area (Å²) in [6.45, 7) is 4.00. The number of ether oxygens (including phenoxy) is 1. The van der Waals surface area contributed by atoms with Crippen LogP contribution in [0.1, 0.15) is 23.9 Å². The highest BCUT2D eigenvalue weighted by atomic mass is 19.4. The first-order valence-corrected chi connectivity index (χ1v) is 5.27. The molecular weight excluding hydrogens is 251 g/mol. The molecule has 1 unspecified atom stereocenters. The number of rotatable bonds is 3. The first kappa shape index (κ1) is 14.6. The summed E-state index contributed by atoms with van der Waals surface area (Å²) >= 11 is 0. The van der Waals surface area contributed by atoms with Crippen LogP contribution < -0.4 is 0 Å². The molecular formula is C11H14F3NO3. The standard InChI is InChI=1S/C11H14F3NO3/c1-4-18-9(16)10(17,11(12,13)14)8-6(2)5-7(3)15-8/h5,15,17H,4H2,1-3H3. The molecule has 0 spiro atoms. The van der Waals surface area contributed by atoms with Gasteiger partial charge in [0.05, 0.1) is 12.3 Å². The molecule has 0 fully saturated rings. The number of carbonyl (C=O) groups is 1. The van der Waals surface area contributed by atoms with Gasteiger partial charge in [-0.05, 0) is 32.4 Å². The van der Waals surface area contributed by atoms with Gasteiger partial charge in [-0.3, -0.25) is 0 Å². The van der Waals surface area contributed by atoms with E-state index in [1.165, 1.54) is 26.8 Å². The average Bonchev–Trinajstić information content (AvgIpc) is 2.55. The second-order valence-electron chi connectivity index (χ2n) is 3.94. The highest BCUT2D eigenvalue weighted by Crippen LogP contribution is 2.40. The molecule has 1 atom stereocenters. The Hall–Kier alpha value is -1.50. The maximum absolute atomic E-state index is 13.0. The molecule has 0 bridgehead atoms. The molecule has 0 radical (unpaired) electrons. The summed E-state index contributed by atoms with van der Waals surface area (Å²) in [6.07, 6.45) is -5.17. The minimum atomic E-state index is -5.17. The molecule has 2 N–H and O–H groups in total. The number of aliphatic hydroxyl groups is 1. The van der Waals surface area contributed by atoms with Gasteiger partial charge in [0, 0.05) is 5.69 Å². The van der Waals surface area contributed by atoms with Crippen LogP contribution in [0.15, 0.2) is 6.07 Å². The minimum absolute atomic E-state index is 0.139. The topological polar surface area (TPSA) is 62.3 Å². The number of aromatic nitrogens is 1. The quantitative estimate of drug-likeness (QED) is 0.821. The van der Waals surface area contributed by atoms with E-state index >= 15 is 0 Å². The van der Waals surface area contributed by atoms with Crippen LogP contribution in [0.25, 0.3) is 0 Å². The van der Waals surface area contributed by atoms with Crippen molar-refractivity contribution in [1.82, 2.24) is 4.98 Å². The predicted molar refractivity (Wildman–Crippen MR) is 56.9 cm³/mol. The van der Waals surface area contributed by atoms with Crippen molar-refractivity contribution in [3.05, 3.63) is 23.0 Å². The highest BCUT2D eigenvalue weighted by Gasteiger charge is 2.63. The summed E-state index contributed by atoms with van der Waals surface area (Å²) in [6, 6.07) is 1.41. The molecule has 0 aromatic carbocycles. The lowest BCUT2D eigenvalue weighted by molar-refractivity contribution is -0.269. The predicted octanol–water partition coefficient (Wildman–Crippen LogP) is 1.94. The average molecular weight is 265 g/mol. The summed E-state index contributed by atoms with van der Waals surface area (Å²) in [7, 11) is 0. The largest absolute Gasteiger partial charge is 0.463 e. The molecule has 0 saturated carbocycles. The number of aromatic amines is 1. The fraction of sp³-hybridized carbons (Fsp3) is 0.545. The molecule has 4 nitrogen and oxygen atoms in total. The van der Waals surface area contributed by atoms with E-state index in [0.29, 0.717) is 5.69 Å². The number of aryl methyl sites for hydroxylation is 2. The molecule has 102 valence electrons. The molecule has 1 aromatic heterocycles. The van der Waals surface area contributed by atoms with Crippen molar-refractivity contribution in [2.45, 2.75) is 32.5 Å². The van der Waals surface area contributed by atoms with Gasteiger partial charge in [0.15, 0.2) is 0 Å². The van der Waals surface area contributed by atoms with Crippen LogP contribution in [0.2, 0.25) is 0 Å². The van der Waals surface area contributed by atoms with Crippen LogP contribution in [0, 0.1) is 13.8 Å². The lowest BCUT2D eigenvalue weighted by Gasteiger charge is -2.28. The first-order chi connectivity index (χ1) is 8.14. The smallest absolute Gasteiger partial charge is 0.434 e. The van der Waals surface area contributed by atoms with Gasteiger partial charge >= 0.3 is 12.1 Å². The molecule has 0 aliphatic carbocycles. The van der Waals surface area contributed by atoms with E-state index in [1.54, 1.807) is 0 Å². The molecule has 0 saturated heterocycles. The third kappa shape index (κ3) is 2.22. The van der Waals surface area contributed by atoms with E-state index in [4.69, 9.17) is 0 Å². The normalized spacial score (nSPS) is 15.3. The van der Waals surface area contributed by atoms with Gasteiger partial charge < -0.3 is 14.8 Å². The SMILES string of the molecule is CCOC(=O)C(O)(c1[nH]c(C)cc1C)C(F)(F)F. The minimum Gasteiger partial charge on any atom is -0.463 e. The van der Waals surface area contributed by atoms with Gasteiger partial charge in [0.1, 0.15) is 0 Å². The maximum atomic E-state index is 13.0. The molecule has 0 amide bonds. The van der Waals surface area contributed by atoms with E-state index < -0.39 is 23.4 Å². The zero-order chi connectivity index (χ0) is 14.1. The number of hydrogen-bond acceptors (Lipinski definition) is 3. The lowest BCUT2D eigenvalue weighted by atomic mass is 9.96. The van der Waals surface area contributed by atoms with Crippen molar-refractivity contribution in [2.24, 2.45) is 0 Å². The highest BCUT2D eigenvalue weighted by molar-refractivity contribution is 5.82. The molecule has 1 aromatic rings. The molecule has 1 rings (SSSR count). The van der Waals surface area contributed by atoms with Crippen molar-refractivity contribution in [3.63, 3.8) is 0 Å². The molecule has 0 aliphatic rings. The maximum Gasteiger partial charge on any atom is 0.434 e. The molecule has 0 aliphatic heterocycles. The zero-order valence-electron chi connectivity index (χ0n) is 10.2. The van der Waals surface area contributed by atoms with Gasteiger partial charge in [-0.25, -0.2) is 4.79 Å². The number of carbonyl (C=O) groups excluding carboxylic acids is 1. The third-order valence-corrected chi connectivity index (χ3v) is 2.49. The number of hydrogen-bond donors (Lipinski definition) is 2. The molecule has 1 heterocycles. The van der Waals surface area contributed by atoms with E-state index in [9.17, 15) is 23.1 Å². The summed E-state index contributed by atoms with van der Waals surface area (Å²) in [5, 5.41) is 9.78. The second kappa shape index (κ2) is 4.64. The number of alkyl halides is 3. The Morgan fingerprint density at radius 1 is 1.44 bits per heavy atom. The van der Waals surface area contributed by atoms with Crippen LogP contribution in [0.3, 0.4) is 0 Å². The summed E-state index contributed by atoms with van der Waals surface area (Å²) in [5.41, 5.74) is -3.72. The van der Waals surface area contributed by atoms with E-state index in [1.807, 2.05) is 0 Å². The monoisotopic (exact) mass is 265 g/mol. The van der Waals surface area contributed by atoms with Crippen LogP contribution in [-0.2, 0) is 15.1 Å². The van der Waals surface area contributed by atoms with Gasteiger partial charge in [-0.15, -0.1) is 0 Å². The van der Waals surface area contributed by atoms with Crippen molar-refractivity contribution in [1.29, 1.82) is 0 Å². The number of nitrogens with one attached hydrogen (secondary N) is 1. The summed E-state index contributed by atoms with van der Waals surface area (Å²) in [4.78, 5) is 13.8. The number of H-pyrrole nitrogens is 1. The van der Waals surface area contributed by atoms with Crippen molar-refractivity contribution in [2.75, 3.05) is 6.61 Å². The Labute approximate surface area is 102 Å². The second-order valence-corrected chi connectivity index (χ2v) is 3.94. The van der Waals surface area contributed by atoms with Crippen molar-refractivity contribution >= 4 is 5.97 Å². The molecule has 7 heteroatoms. The van der Waals surface area contributed by atoms with Crippen LogP contribution in [0.5, 0.6) is 0 Å². The van der Waals surface area contributed by atoms with Crippen molar-refractivity contribution in [3.8, 4) is 0 Å². The Kier molecular flexibility index (Phi) is 3.75. The fourth-order valence-electron chi connectivity index (χ4n) is 1.70. The van der Waals surface area contributed by atoms with Gasteiger partial charge in [0.25, 0.3) is 5.60 Å². The van der Waals surface area contributed by atoms with Crippen LogP contribution in [0.4, 0.5) is 13.2 Å². The molecule has 18 heavy (non-hydrogen) atoms. The summed E-state index contributed by atoms with van der Waals surface area (Å²) in [5.74, 6) is -1.73. The third-order valence-electron chi connectivity index (χ3n) is 2.49. The first-order valence-electron chi connectivity index (χ1n) is 5.27. The Morgan fingerprint density at radius 2 is 2.00 bits per heavy atom. The van der Waals surface area contributed by atoms with Crippen molar-refractivity contribution < 1.29 is 27.8 Å². The van der Waals surface area contributed by atoms with E-state index in [0.717, 1.165) is 0 Å². The van der Waals surface area contributed by atoms with Crippen LogP contribution >= 0.6 is 0 Å².